The predicted molar refractivity (Wildman–Crippen MR) is 115 cm³/mol. The minimum atomic E-state index is -0.529. The van der Waals surface area contributed by atoms with E-state index in [4.69, 9.17) is 0 Å². The summed E-state index contributed by atoms with van der Waals surface area (Å²) in [6, 6.07) is 16.8. The zero-order valence-corrected chi connectivity index (χ0v) is 17.5. The monoisotopic (exact) mass is 421 g/mol. The van der Waals surface area contributed by atoms with E-state index in [0.29, 0.717) is 16.4 Å². The number of anilines is 1. The Morgan fingerprint density at radius 2 is 1.87 bits per heavy atom. The summed E-state index contributed by atoms with van der Waals surface area (Å²) >= 11 is 1.35. The van der Waals surface area contributed by atoms with Gasteiger partial charge in [-0.25, -0.2) is 4.68 Å². The Labute approximate surface area is 179 Å². The van der Waals surface area contributed by atoms with Gasteiger partial charge in [0.15, 0.2) is 5.78 Å². The number of nitrogens with one attached hydrogen (secondary N) is 1. The molecule has 0 bridgehead atoms. The number of thioether (sulfide) groups is 1. The number of Topliss-reactive ketones (excluding diaryl/α,β-unsaturated/α-hetero) is 1. The van der Waals surface area contributed by atoms with Crippen LogP contribution < -0.4 is 5.32 Å². The molecule has 1 fully saturated rings. The highest BCUT2D eigenvalue weighted by molar-refractivity contribution is 8.00. The van der Waals surface area contributed by atoms with Crippen molar-refractivity contribution < 1.29 is 9.59 Å². The van der Waals surface area contributed by atoms with E-state index in [9.17, 15) is 9.59 Å². The van der Waals surface area contributed by atoms with Gasteiger partial charge in [0.25, 0.3) is 0 Å². The summed E-state index contributed by atoms with van der Waals surface area (Å²) in [5.74, 6) is -0.233. The van der Waals surface area contributed by atoms with Crippen LogP contribution in [0.3, 0.4) is 0 Å². The fraction of sp³-hybridized carbons (Fsp3) is 0.318. The first-order valence-corrected chi connectivity index (χ1v) is 10.9. The average Bonchev–Trinajstić information content (AvgIpc) is 3.44. The second kappa shape index (κ2) is 9.21. The zero-order valence-electron chi connectivity index (χ0n) is 16.7. The van der Waals surface area contributed by atoms with Gasteiger partial charge < -0.3 is 5.32 Å². The normalized spacial score (nSPS) is 15.1. The Hall–Kier alpha value is -3.00. The van der Waals surface area contributed by atoms with E-state index in [2.05, 4.69) is 20.8 Å². The molecule has 7 nitrogen and oxygen atoms in total. The van der Waals surface area contributed by atoms with E-state index in [1.807, 2.05) is 35.0 Å². The molecule has 1 aliphatic rings. The smallest absolute Gasteiger partial charge is 0.242 e. The first-order chi connectivity index (χ1) is 14.6. The third kappa shape index (κ3) is 4.59. The second-order valence-electron chi connectivity index (χ2n) is 7.38. The van der Waals surface area contributed by atoms with Crippen molar-refractivity contribution in [3.05, 3.63) is 65.7 Å². The molecule has 3 aromatic rings. The molecule has 0 saturated heterocycles. The van der Waals surface area contributed by atoms with E-state index in [-0.39, 0.29) is 17.7 Å². The van der Waals surface area contributed by atoms with Gasteiger partial charge in [0.05, 0.1) is 6.04 Å². The number of carbonyl (C=O) groups is 2. The highest BCUT2D eigenvalue weighted by Crippen LogP contribution is 2.38. The summed E-state index contributed by atoms with van der Waals surface area (Å²) in [5.41, 5.74) is 2.01. The van der Waals surface area contributed by atoms with Crippen molar-refractivity contribution in [1.82, 2.24) is 20.2 Å². The summed E-state index contributed by atoms with van der Waals surface area (Å²) in [6.45, 7) is 1.51. The lowest BCUT2D eigenvalue weighted by molar-refractivity contribution is -0.115. The second-order valence-corrected chi connectivity index (χ2v) is 8.45. The Bertz CT molecular complexity index is 1030. The summed E-state index contributed by atoms with van der Waals surface area (Å²) < 4.78 is 1.86. The lowest BCUT2D eigenvalue weighted by Crippen LogP contribution is -2.20. The number of carbonyl (C=O) groups excluding carboxylic acids is 2. The summed E-state index contributed by atoms with van der Waals surface area (Å²) in [6.07, 6.45) is 4.45. The van der Waals surface area contributed by atoms with Crippen molar-refractivity contribution in [2.24, 2.45) is 0 Å². The third-order valence-electron chi connectivity index (χ3n) is 5.23. The topological polar surface area (TPSA) is 89.8 Å². The van der Waals surface area contributed by atoms with Crippen molar-refractivity contribution >= 4 is 29.1 Å². The molecule has 0 aliphatic heterocycles. The summed E-state index contributed by atoms with van der Waals surface area (Å²) in [5, 5.41) is 15.3. The van der Waals surface area contributed by atoms with Crippen molar-refractivity contribution in [3.63, 3.8) is 0 Å². The van der Waals surface area contributed by atoms with Crippen LogP contribution in [0.25, 0.3) is 0 Å². The molecular weight excluding hydrogens is 398 g/mol. The summed E-state index contributed by atoms with van der Waals surface area (Å²) in [7, 11) is 0. The molecule has 1 aliphatic carbocycles. The molecule has 0 unspecified atom stereocenters. The van der Waals surface area contributed by atoms with Crippen LogP contribution in [0.2, 0.25) is 0 Å². The van der Waals surface area contributed by atoms with Gasteiger partial charge in [0.2, 0.25) is 11.1 Å². The van der Waals surface area contributed by atoms with Gasteiger partial charge in [0.1, 0.15) is 5.25 Å². The minimum Gasteiger partial charge on any atom is -0.325 e. The molecule has 2 aromatic carbocycles. The maximum absolute atomic E-state index is 13.3. The fourth-order valence-corrected chi connectivity index (χ4v) is 4.72. The molecule has 1 amide bonds. The Balaban J connectivity index is 1.59. The molecule has 1 N–H and O–H groups in total. The molecule has 0 spiro atoms. The molecule has 8 heteroatoms. The lowest BCUT2D eigenvalue weighted by atomic mass is 10.1. The third-order valence-corrected chi connectivity index (χ3v) is 6.44. The number of amides is 1. The van der Waals surface area contributed by atoms with Gasteiger partial charge in [-0.15, -0.1) is 5.10 Å². The SMILES string of the molecule is CC(=O)c1cccc(NC(=O)[C@@H](Sc2nnnn2C2CCCC2)c2ccccc2)c1. The van der Waals surface area contributed by atoms with E-state index in [0.717, 1.165) is 18.4 Å². The minimum absolute atomic E-state index is 0.0455. The van der Waals surface area contributed by atoms with Gasteiger partial charge >= 0.3 is 0 Å². The van der Waals surface area contributed by atoms with Crippen LogP contribution in [0.1, 0.15) is 59.8 Å². The van der Waals surface area contributed by atoms with Crippen LogP contribution in [0.4, 0.5) is 5.69 Å². The van der Waals surface area contributed by atoms with Gasteiger partial charge in [-0.05, 0) is 47.9 Å². The Kier molecular flexibility index (Phi) is 6.23. The number of tetrazole rings is 1. The van der Waals surface area contributed by atoms with Gasteiger partial charge in [-0.2, -0.15) is 0 Å². The zero-order chi connectivity index (χ0) is 20.9. The highest BCUT2D eigenvalue weighted by Gasteiger charge is 2.28. The maximum atomic E-state index is 13.3. The quantitative estimate of drug-likeness (QED) is 0.447. The van der Waals surface area contributed by atoms with Crippen LogP contribution in [0.15, 0.2) is 59.8 Å². The number of ketones is 1. The fourth-order valence-electron chi connectivity index (χ4n) is 3.67. The summed E-state index contributed by atoms with van der Waals surface area (Å²) in [4.78, 5) is 24.9. The van der Waals surface area contributed by atoms with Crippen LogP contribution >= 0.6 is 11.8 Å². The number of rotatable bonds is 7. The number of nitrogens with zero attached hydrogens (tertiary/aromatic N) is 4. The number of aromatic nitrogens is 4. The van der Waals surface area contributed by atoms with Crippen molar-refractivity contribution in [3.8, 4) is 0 Å². The highest BCUT2D eigenvalue weighted by atomic mass is 32.2. The van der Waals surface area contributed by atoms with Crippen LogP contribution in [-0.2, 0) is 4.79 Å². The van der Waals surface area contributed by atoms with E-state index < -0.39 is 5.25 Å². The van der Waals surface area contributed by atoms with Crippen LogP contribution in [0.5, 0.6) is 0 Å². The van der Waals surface area contributed by atoms with Gasteiger partial charge in [0, 0.05) is 11.3 Å². The molecule has 4 rings (SSSR count). The molecule has 1 atom stereocenters. The Morgan fingerprint density at radius 3 is 2.60 bits per heavy atom. The van der Waals surface area contributed by atoms with E-state index >= 15 is 0 Å². The standard InChI is InChI=1S/C22H23N5O2S/c1-15(28)17-10-7-11-18(14-17)23-21(29)20(16-8-3-2-4-9-16)30-22-24-25-26-27(22)19-12-5-6-13-19/h2-4,7-11,14,19-20H,5-6,12-13H2,1H3,(H,23,29)/t20-/m0/s1. The molecular formula is C22H23N5O2S. The lowest BCUT2D eigenvalue weighted by Gasteiger charge is -2.18. The average molecular weight is 422 g/mol. The molecule has 154 valence electrons. The molecule has 1 heterocycles. The molecule has 1 aromatic heterocycles. The first-order valence-electron chi connectivity index (χ1n) is 10.0. The van der Waals surface area contributed by atoms with E-state index in [1.54, 1.807) is 24.3 Å². The van der Waals surface area contributed by atoms with Gasteiger partial charge in [-0.1, -0.05) is 67.1 Å². The molecule has 1 saturated carbocycles. The number of hydrogen-bond donors (Lipinski definition) is 1. The van der Waals surface area contributed by atoms with Crippen molar-refractivity contribution in [1.29, 1.82) is 0 Å². The largest absolute Gasteiger partial charge is 0.325 e. The predicted octanol–water partition coefficient (Wildman–Crippen LogP) is 4.46. The maximum Gasteiger partial charge on any atom is 0.242 e. The number of benzene rings is 2. The number of hydrogen-bond acceptors (Lipinski definition) is 6. The van der Waals surface area contributed by atoms with Crippen LogP contribution in [0, 0.1) is 0 Å². The molecule has 0 radical (unpaired) electrons. The van der Waals surface area contributed by atoms with Crippen molar-refractivity contribution in [2.45, 2.75) is 49.1 Å². The van der Waals surface area contributed by atoms with E-state index in [1.165, 1.54) is 31.5 Å². The Morgan fingerprint density at radius 1 is 1.10 bits per heavy atom. The first kappa shape index (κ1) is 20.3. The van der Waals surface area contributed by atoms with Crippen LogP contribution in [-0.4, -0.2) is 31.9 Å². The van der Waals surface area contributed by atoms with Crippen molar-refractivity contribution in [2.75, 3.05) is 5.32 Å². The van der Waals surface area contributed by atoms with Gasteiger partial charge in [-0.3, -0.25) is 9.59 Å². The molecule has 30 heavy (non-hydrogen) atoms.